The number of hydrogen-bond acceptors (Lipinski definition) is 6. The summed E-state index contributed by atoms with van der Waals surface area (Å²) in [4.78, 5) is 12.6. The fourth-order valence-electron chi connectivity index (χ4n) is 4.40. The molecule has 1 saturated heterocycles. The molecule has 4 rings (SSSR count). The van der Waals surface area contributed by atoms with E-state index < -0.39 is 11.6 Å². The lowest BCUT2D eigenvalue weighted by atomic mass is 9.92. The molecule has 3 aromatic rings. The number of aryl methyl sites for hydroxylation is 1. The maximum atomic E-state index is 14.8. The molecule has 1 aliphatic heterocycles. The highest BCUT2D eigenvalue weighted by Crippen LogP contribution is 2.30. The third kappa shape index (κ3) is 6.26. The van der Waals surface area contributed by atoms with E-state index in [0.717, 1.165) is 56.7 Å². The summed E-state index contributed by atoms with van der Waals surface area (Å²) >= 11 is 0. The van der Waals surface area contributed by atoms with E-state index in [2.05, 4.69) is 32.3 Å². The van der Waals surface area contributed by atoms with Crippen molar-refractivity contribution in [1.82, 2.24) is 19.9 Å². The lowest BCUT2D eigenvalue weighted by molar-refractivity contribution is 0.277. The molecule has 0 unspecified atom stereocenters. The van der Waals surface area contributed by atoms with Crippen LogP contribution >= 0.6 is 0 Å². The fraction of sp³-hybridized carbons (Fsp3) is 0.500. The molecular formula is C26H34F2N6O. The maximum absolute atomic E-state index is 14.8. The Balaban J connectivity index is 1.25. The van der Waals surface area contributed by atoms with Gasteiger partial charge in [-0.1, -0.05) is 6.92 Å². The molecule has 3 heterocycles. The molecule has 0 bridgehead atoms. The van der Waals surface area contributed by atoms with Crippen LogP contribution in [-0.2, 0) is 6.42 Å². The largest absolute Gasteiger partial charge is 0.493 e. The summed E-state index contributed by atoms with van der Waals surface area (Å²) in [5, 5.41) is 4.10. The van der Waals surface area contributed by atoms with Gasteiger partial charge in [0, 0.05) is 43.7 Å². The summed E-state index contributed by atoms with van der Waals surface area (Å²) in [5.74, 6) is 0.269. The second kappa shape index (κ2) is 11.5. The van der Waals surface area contributed by atoms with Crippen LogP contribution in [0.15, 0.2) is 36.8 Å². The third-order valence-corrected chi connectivity index (χ3v) is 6.32. The van der Waals surface area contributed by atoms with Gasteiger partial charge in [0.05, 0.1) is 24.1 Å². The van der Waals surface area contributed by atoms with Crippen molar-refractivity contribution in [2.75, 3.05) is 30.0 Å². The Morgan fingerprint density at radius 1 is 1.11 bits per heavy atom. The molecular weight excluding hydrogens is 450 g/mol. The van der Waals surface area contributed by atoms with Gasteiger partial charge >= 0.3 is 0 Å². The van der Waals surface area contributed by atoms with Gasteiger partial charge in [-0.3, -0.25) is 0 Å². The number of aromatic nitrogens is 4. The molecule has 0 aliphatic carbocycles. The van der Waals surface area contributed by atoms with E-state index in [0.29, 0.717) is 18.2 Å². The molecule has 1 aromatic carbocycles. The molecule has 35 heavy (non-hydrogen) atoms. The molecule has 0 saturated carbocycles. The molecule has 1 N–H and O–H groups in total. The van der Waals surface area contributed by atoms with Gasteiger partial charge in [0.2, 0.25) is 5.95 Å². The molecule has 0 radical (unpaired) electrons. The lowest BCUT2D eigenvalue weighted by Crippen LogP contribution is -2.35. The van der Waals surface area contributed by atoms with Crippen LogP contribution < -0.4 is 15.1 Å². The van der Waals surface area contributed by atoms with E-state index in [1.807, 2.05) is 26.2 Å². The van der Waals surface area contributed by atoms with Gasteiger partial charge in [0.15, 0.2) is 0 Å². The maximum Gasteiger partial charge on any atom is 0.225 e. The average Bonchev–Trinajstić information content (AvgIpc) is 3.29. The van der Waals surface area contributed by atoms with E-state index in [1.165, 1.54) is 23.1 Å². The van der Waals surface area contributed by atoms with Crippen molar-refractivity contribution in [2.24, 2.45) is 5.92 Å². The molecule has 0 atom stereocenters. The summed E-state index contributed by atoms with van der Waals surface area (Å²) in [6.45, 7) is 8.26. The van der Waals surface area contributed by atoms with Crippen LogP contribution in [0.3, 0.4) is 0 Å². The van der Waals surface area contributed by atoms with Crippen molar-refractivity contribution in [1.29, 1.82) is 0 Å². The number of ether oxygens (including phenoxy) is 1. The van der Waals surface area contributed by atoms with Crippen molar-refractivity contribution in [3.05, 3.63) is 54.0 Å². The monoisotopic (exact) mass is 484 g/mol. The Hall–Kier alpha value is -3.23. The van der Waals surface area contributed by atoms with E-state index in [-0.39, 0.29) is 17.4 Å². The summed E-state index contributed by atoms with van der Waals surface area (Å²) in [6.07, 6.45) is 10.3. The van der Waals surface area contributed by atoms with Gasteiger partial charge in [0.1, 0.15) is 17.4 Å². The highest BCUT2D eigenvalue weighted by Gasteiger charge is 2.21. The standard InChI is InChI=1S/C26H34F2N6O/c1-4-19-16-29-26(30-17-19)33-11-8-20(9-12-33)6-5-13-35-21-14-22(27)25(23(28)15-21)24-7-10-31-34(24)32-18(2)3/h7,10,14-18,20,32H,4-6,8-9,11-13H2,1-3H3. The Morgan fingerprint density at radius 3 is 2.43 bits per heavy atom. The van der Waals surface area contributed by atoms with E-state index in [1.54, 1.807) is 6.07 Å². The van der Waals surface area contributed by atoms with Gasteiger partial charge in [-0.15, -0.1) is 0 Å². The first-order valence-corrected chi connectivity index (χ1v) is 12.4. The van der Waals surface area contributed by atoms with Crippen molar-refractivity contribution in [2.45, 2.75) is 58.9 Å². The zero-order valence-electron chi connectivity index (χ0n) is 20.7. The summed E-state index contributed by atoms with van der Waals surface area (Å²) in [7, 11) is 0. The topological polar surface area (TPSA) is 68.1 Å². The predicted molar refractivity (Wildman–Crippen MR) is 133 cm³/mol. The molecule has 7 nitrogen and oxygen atoms in total. The van der Waals surface area contributed by atoms with Crippen LogP contribution in [0.4, 0.5) is 14.7 Å². The Labute approximate surface area is 205 Å². The van der Waals surface area contributed by atoms with Crippen LogP contribution in [0.5, 0.6) is 5.75 Å². The zero-order valence-corrected chi connectivity index (χ0v) is 20.7. The number of hydrogen-bond donors (Lipinski definition) is 1. The fourth-order valence-corrected chi connectivity index (χ4v) is 4.40. The number of piperidine rings is 1. The van der Waals surface area contributed by atoms with Crippen LogP contribution in [0.25, 0.3) is 11.3 Å². The number of nitrogens with one attached hydrogen (secondary N) is 1. The van der Waals surface area contributed by atoms with Crippen LogP contribution in [-0.4, -0.2) is 45.6 Å². The molecule has 188 valence electrons. The summed E-state index contributed by atoms with van der Waals surface area (Å²) in [5.41, 5.74) is 4.40. The zero-order chi connectivity index (χ0) is 24.8. The van der Waals surface area contributed by atoms with Crippen molar-refractivity contribution < 1.29 is 13.5 Å². The first-order chi connectivity index (χ1) is 16.9. The highest BCUT2D eigenvalue weighted by atomic mass is 19.1. The number of benzene rings is 1. The van der Waals surface area contributed by atoms with Gasteiger partial charge < -0.3 is 15.1 Å². The Bertz CT molecular complexity index is 1070. The smallest absolute Gasteiger partial charge is 0.225 e. The van der Waals surface area contributed by atoms with Crippen molar-refractivity contribution in [3.63, 3.8) is 0 Å². The second-order valence-electron chi connectivity index (χ2n) is 9.34. The molecule has 0 spiro atoms. The highest BCUT2D eigenvalue weighted by molar-refractivity contribution is 5.62. The molecule has 0 amide bonds. The minimum Gasteiger partial charge on any atom is -0.493 e. The van der Waals surface area contributed by atoms with E-state index >= 15 is 0 Å². The number of anilines is 1. The molecule has 2 aromatic heterocycles. The van der Waals surface area contributed by atoms with Gasteiger partial charge in [-0.05, 0) is 63.5 Å². The molecule has 1 fully saturated rings. The van der Waals surface area contributed by atoms with Crippen molar-refractivity contribution in [3.8, 4) is 17.0 Å². The first kappa shape index (κ1) is 24.9. The van der Waals surface area contributed by atoms with Crippen LogP contribution in [0.1, 0.15) is 52.0 Å². The Morgan fingerprint density at radius 2 is 1.80 bits per heavy atom. The van der Waals surface area contributed by atoms with Crippen LogP contribution in [0.2, 0.25) is 0 Å². The quantitative estimate of drug-likeness (QED) is 0.399. The predicted octanol–water partition coefficient (Wildman–Crippen LogP) is 5.21. The second-order valence-corrected chi connectivity index (χ2v) is 9.34. The molecule has 9 heteroatoms. The molecule has 1 aliphatic rings. The van der Waals surface area contributed by atoms with Crippen molar-refractivity contribution >= 4 is 5.95 Å². The normalized spacial score (nSPS) is 14.5. The van der Waals surface area contributed by atoms with Gasteiger partial charge in [-0.2, -0.15) is 9.89 Å². The average molecular weight is 485 g/mol. The first-order valence-electron chi connectivity index (χ1n) is 12.4. The number of rotatable bonds is 10. The SMILES string of the molecule is CCc1cnc(N2CCC(CCCOc3cc(F)c(-c4ccnn4NC(C)C)c(F)c3)CC2)nc1. The lowest BCUT2D eigenvalue weighted by Gasteiger charge is -2.32. The summed E-state index contributed by atoms with van der Waals surface area (Å²) < 4.78 is 35.3. The summed E-state index contributed by atoms with van der Waals surface area (Å²) in [6, 6.07) is 4.13. The minimum atomic E-state index is -0.672. The van der Waals surface area contributed by atoms with Gasteiger partial charge in [-0.25, -0.2) is 18.7 Å². The van der Waals surface area contributed by atoms with E-state index in [4.69, 9.17) is 4.74 Å². The van der Waals surface area contributed by atoms with E-state index in [9.17, 15) is 8.78 Å². The third-order valence-electron chi connectivity index (χ3n) is 6.32. The minimum absolute atomic E-state index is 0.0651. The number of halogens is 2. The van der Waals surface area contributed by atoms with Crippen LogP contribution in [0, 0.1) is 17.6 Å². The van der Waals surface area contributed by atoms with Gasteiger partial charge in [0.25, 0.3) is 0 Å². The number of nitrogens with zero attached hydrogens (tertiary/aromatic N) is 5. The Kier molecular flexibility index (Phi) is 8.15.